The van der Waals surface area contributed by atoms with Crippen molar-refractivity contribution in [1.82, 2.24) is 9.13 Å². The number of aromatic nitrogens is 2. The van der Waals surface area contributed by atoms with Crippen LogP contribution >= 0.6 is 0 Å². The molecule has 0 amide bonds. The average Bonchev–Trinajstić information content (AvgIpc) is 2.96. The van der Waals surface area contributed by atoms with Gasteiger partial charge in [0.15, 0.2) is 0 Å². The van der Waals surface area contributed by atoms with Crippen molar-refractivity contribution < 1.29 is 13.6 Å². The second-order valence-electron chi connectivity index (χ2n) is 6.02. The number of rotatable bonds is 3. The molecule has 0 bridgehead atoms. The van der Waals surface area contributed by atoms with E-state index in [0.717, 1.165) is 9.13 Å². The van der Waals surface area contributed by atoms with Crippen molar-refractivity contribution in [3.63, 3.8) is 0 Å². The highest BCUT2D eigenvalue weighted by molar-refractivity contribution is 5.79. The summed E-state index contributed by atoms with van der Waals surface area (Å²) in [5, 5.41) is 2.65. The van der Waals surface area contributed by atoms with Crippen LogP contribution in [0.1, 0.15) is 25.7 Å². The summed E-state index contributed by atoms with van der Waals surface area (Å²) in [5.41, 5.74) is -1.16. The predicted octanol–water partition coefficient (Wildman–Crippen LogP) is 0.718. The fourth-order valence-electron chi connectivity index (χ4n) is 3.25. The molecule has 0 unspecified atom stereocenters. The number of nitrogens with one attached hydrogen (secondary N) is 1. The zero-order valence-corrected chi connectivity index (χ0v) is 12.7. The van der Waals surface area contributed by atoms with Gasteiger partial charge in [0.1, 0.15) is 17.3 Å². The van der Waals surface area contributed by atoms with Gasteiger partial charge in [-0.25, -0.2) is 4.79 Å². The van der Waals surface area contributed by atoms with Crippen LogP contribution in [-0.2, 0) is 18.4 Å². The third-order valence-electron chi connectivity index (χ3n) is 4.56. The molecule has 1 N–H and O–H groups in total. The minimum atomic E-state index is -2.80. The zero-order chi connectivity index (χ0) is 16.7. The molecule has 1 aliphatic heterocycles. The Morgan fingerprint density at radius 3 is 2.48 bits per heavy atom. The highest BCUT2D eigenvalue weighted by Gasteiger charge is 2.32. The van der Waals surface area contributed by atoms with Crippen molar-refractivity contribution in [2.24, 2.45) is 13.0 Å². The first-order valence-electron chi connectivity index (χ1n) is 7.54. The van der Waals surface area contributed by atoms with Gasteiger partial charge in [-0.05, 0) is 18.8 Å². The minimum absolute atomic E-state index is 0.0271. The Kier molecular flexibility index (Phi) is 3.95. The summed E-state index contributed by atoms with van der Waals surface area (Å²) in [6.45, 7) is -2.80. The number of halogens is 2. The van der Waals surface area contributed by atoms with Crippen LogP contribution in [0.5, 0.6) is 0 Å². The van der Waals surface area contributed by atoms with Crippen molar-refractivity contribution in [3.05, 3.63) is 20.8 Å². The first kappa shape index (κ1) is 15.7. The third-order valence-corrected chi connectivity index (χ3v) is 4.56. The van der Waals surface area contributed by atoms with E-state index in [-0.39, 0.29) is 36.4 Å². The smallest absolute Gasteiger partial charge is 0.332 e. The maximum Gasteiger partial charge on any atom is 0.332 e. The minimum Gasteiger partial charge on any atom is -0.360 e. The van der Waals surface area contributed by atoms with E-state index < -0.39 is 17.8 Å². The molecule has 0 aromatic carbocycles. The Morgan fingerprint density at radius 1 is 1.22 bits per heavy atom. The fourth-order valence-corrected chi connectivity index (χ4v) is 3.25. The molecule has 126 valence electrons. The van der Waals surface area contributed by atoms with Gasteiger partial charge in [-0.3, -0.25) is 23.6 Å². The lowest BCUT2D eigenvalue weighted by Crippen LogP contribution is -2.42. The summed E-state index contributed by atoms with van der Waals surface area (Å²) in [6.07, 6.45) is 2.20. The Hall–Kier alpha value is -2.19. The summed E-state index contributed by atoms with van der Waals surface area (Å²) in [6, 6.07) is 0. The number of carbonyl (C=O) groups excluding carboxylic acids is 1. The molecular weight excluding hydrogens is 310 g/mol. The van der Waals surface area contributed by atoms with E-state index in [0.29, 0.717) is 30.6 Å². The van der Waals surface area contributed by atoms with Crippen molar-refractivity contribution in [3.8, 4) is 0 Å². The van der Waals surface area contributed by atoms with Gasteiger partial charge in [0.05, 0.1) is 6.67 Å². The predicted molar refractivity (Wildman–Crippen MR) is 79.9 cm³/mol. The van der Waals surface area contributed by atoms with Crippen LogP contribution in [0, 0.1) is 5.92 Å². The molecule has 0 radical (unpaired) electrons. The molecule has 0 saturated heterocycles. The van der Waals surface area contributed by atoms with E-state index in [9.17, 15) is 23.2 Å². The second kappa shape index (κ2) is 5.78. The first-order valence-corrected chi connectivity index (χ1v) is 7.54. The van der Waals surface area contributed by atoms with Gasteiger partial charge in [0.2, 0.25) is 0 Å². The summed E-state index contributed by atoms with van der Waals surface area (Å²) >= 11 is 0. The number of ketones is 1. The highest BCUT2D eigenvalue weighted by atomic mass is 19.3. The summed E-state index contributed by atoms with van der Waals surface area (Å²) in [4.78, 5) is 36.9. The molecule has 2 heterocycles. The van der Waals surface area contributed by atoms with Crippen LogP contribution in [-0.4, -0.2) is 28.1 Å². The molecule has 7 nitrogen and oxygen atoms in total. The summed E-state index contributed by atoms with van der Waals surface area (Å²) in [5.74, 6) is 0.193. The molecule has 1 aromatic heterocycles. The molecule has 0 atom stereocenters. The van der Waals surface area contributed by atoms with Gasteiger partial charge in [0.25, 0.3) is 5.56 Å². The number of carbonyl (C=O) groups is 1. The van der Waals surface area contributed by atoms with Crippen LogP contribution in [0.15, 0.2) is 9.59 Å². The van der Waals surface area contributed by atoms with E-state index in [4.69, 9.17) is 0 Å². The highest BCUT2D eigenvalue weighted by Crippen LogP contribution is 2.29. The van der Waals surface area contributed by atoms with Crippen molar-refractivity contribution in [2.45, 2.75) is 38.8 Å². The van der Waals surface area contributed by atoms with Gasteiger partial charge >= 0.3 is 12.2 Å². The van der Waals surface area contributed by atoms with Gasteiger partial charge in [-0.15, -0.1) is 0 Å². The summed E-state index contributed by atoms with van der Waals surface area (Å²) < 4.78 is 28.2. The van der Waals surface area contributed by atoms with Crippen molar-refractivity contribution in [1.29, 1.82) is 0 Å². The van der Waals surface area contributed by atoms with Crippen LogP contribution in [0.2, 0.25) is 0 Å². The molecular formula is C14H18F2N4O3. The molecule has 1 aromatic rings. The molecule has 23 heavy (non-hydrogen) atoms. The number of alkyl halides is 2. The Labute approximate surface area is 130 Å². The van der Waals surface area contributed by atoms with Crippen LogP contribution in [0.4, 0.5) is 20.3 Å². The number of hydrogen-bond donors (Lipinski definition) is 1. The van der Waals surface area contributed by atoms with Gasteiger partial charge in [-0.1, -0.05) is 0 Å². The monoisotopic (exact) mass is 328 g/mol. The zero-order valence-electron chi connectivity index (χ0n) is 12.7. The molecule has 0 spiro atoms. The van der Waals surface area contributed by atoms with Crippen LogP contribution in [0.3, 0.4) is 0 Å². The Morgan fingerprint density at radius 2 is 1.87 bits per heavy atom. The topological polar surface area (TPSA) is 76.3 Å². The maximum atomic E-state index is 13.0. The summed E-state index contributed by atoms with van der Waals surface area (Å²) in [7, 11) is 1.38. The number of fused-ring (bicyclic) bond motifs is 1. The third kappa shape index (κ3) is 2.64. The van der Waals surface area contributed by atoms with E-state index in [1.165, 1.54) is 7.05 Å². The van der Waals surface area contributed by atoms with E-state index in [1.54, 1.807) is 0 Å². The first-order chi connectivity index (χ1) is 10.9. The molecule has 1 fully saturated rings. The quantitative estimate of drug-likeness (QED) is 0.828. The molecule has 1 aliphatic carbocycles. The van der Waals surface area contributed by atoms with Crippen molar-refractivity contribution >= 4 is 17.3 Å². The number of anilines is 2. The van der Waals surface area contributed by atoms with E-state index in [1.807, 2.05) is 0 Å². The number of nitrogens with zero attached hydrogens (tertiary/aromatic N) is 3. The van der Waals surface area contributed by atoms with Gasteiger partial charge in [0, 0.05) is 26.4 Å². The standard InChI is InChI=1S/C14H18F2N4O3/c1-18-11-10(17-7-20(11)13(15)16)12(22)19(14(18)23)6-8-2-4-9(21)5-3-8/h8,13,17H,2-7H2,1H3. The lowest BCUT2D eigenvalue weighted by atomic mass is 9.88. The van der Waals surface area contributed by atoms with Crippen LogP contribution < -0.4 is 21.5 Å². The largest absolute Gasteiger partial charge is 0.360 e. The molecule has 2 aliphatic rings. The van der Waals surface area contributed by atoms with E-state index in [2.05, 4.69) is 5.32 Å². The van der Waals surface area contributed by atoms with Gasteiger partial charge < -0.3 is 5.32 Å². The number of Topliss-reactive ketones (excluding diaryl/α,β-unsaturated/α-hetero) is 1. The van der Waals surface area contributed by atoms with Gasteiger partial charge in [-0.2, -0.15) is 8.78 Å². The second-order valence-corrected chi connectivity index (χ2v) is 6.02. The molecule has 9 heteroatoms. The number of hydrogen-bond acceptors (Lipinski definition) is 5. The average molecular weight is 328 g/mol. The van der Waals surface area contributed by atoms with Crippen molar-refractivity contribution in [2.75, 3.05) is 16.9 Å². The lowest BCUT2D eigenvalue weighted by Gasteiger charge is -2.23. The Balaban J connectivity index is 1.97. The molecule has 1 saturated carbocycles. The maximum absolute atomic E-state index is 13.0. The van der Waals surface area contributed by atoms with E-state index >= 15 is 0 Å². The molecule has 3 rings (SSSR count). The Bertz CT molecular complexity index is 746. The van der Waals surface area contributed by atoms with Crippen LogP contribution in [0.25, 0.3) is 0 Å². The fraction of sp³-hybridized carbons (Fsp3) is 0.643. The SMILES string of the molecule is Cn1c2c(c(=O)n(CC3CCC(=O)CC3)c1=O)NCN2C(F)F. The normalized spacial score (nSPS) is 18.4. The lowest BCUT2D eigenvalue weighted by molar-refractivity contribution is -0.121.